The first kappa shape index (κ1) is 29.8. The van der Waals surface area contributed by atoms with Crippen molar-refractivity contribution in [2.45, 2.75) is 38.1 Å². The maximum absolute atomic E-state index is 14.1. The molecule has 42 heavy (non-hydrogen) atoms. The monoisotopic (exact) mass is 578 g/mol. The molecule has 226 valence electrons. The number of ether oxygens (including phenoxy) is 4. The molecule has 1 atom stereocenters. The molecule has 1 unspecified atom stereocenters. The number of carbonyl (C=O) groups excluding carboxylic acids is 2. The van der Waals surface area contributed by atoms with Crippen LogP contribution in [-0.4, -0.2) is 99.6 Å². The lowest BCUT2D eigenvalue weighted by Crippen LogP contribution is -2.47. The maximum atomic E-state index is 14.1. The summed E-state index contributed by atoms with van der Waals surface area (Å²) in [5, 5.41) is 6.41. The third kappa shape index (κ3) is 6.87. The quantitative estimate of drug-likeness (QED) is 0.401. The predicted molar refractivity (Wildman–Crippen MR) is 159 cm³/mol. The van der Waals surface area contributed by atoms with Crippen LogP contribution in [0.15, 0.2) is 47.6 Å². The highest BCUT2D eigenvalue weighted by Gasteiger charge is 2.36. The van der Waals surface area contributed by atoms with Crippen molar-refractivity contribution >= 4 is 17.5 Å². The van der Waals surface area contributed by atoms with Crippen molar-refractivity contribution < 1.29 is 28.5 Å². The van der Waals surface area contributed by atoms with E-state index in [0.29, 0.717) is 44.2 Å². The number of hydrazone groups is 1. The summed E-state index contributed by atoms with van der Waals surface area (Å²) in [4.78, 5) is 31.8. The largest absolute Gasteiger partial charge is 0.497 e. The maximum Gasteiger partial charge on any atom is 0.262 e. The first-order chi connectivity index (χ1) is 20.5. The molecule has 0 N–H and O–H groups in total. The van der Waals surface area contributed by atoms with E-state index in [1.807, 2.05) is 42.5 Å². The zero-order chi connectivity index (χ0) is 29.5. The van der Waals surface area contributed by atoms with Gasteiger partial charge in [0.2, 0.25) is 5.91 Å². The van der Waals surface area contributed by atoms with Crippen LogP contribution in [0.2, 0.25) is 0 Å². The van der Waals surface area contributed by atoms with E-state index in [4.69, 9.17) is 24.0 Å². The van der Waals surface area contributed by atoms with Crippen molar-refractivity contribution in [3.63, 3.8) is 0 Å². The molecule has 10 nitrogen and oxygen atoms in total. The molecule has 0 spiro atoms. The van der Waals surface area contributed by atoms with E-state index in [1.165, 1.54) is 0 Å². The fraction of sp³-hybridized carbons (Fsp3) is 0.531. The zero-order valence-corrected chi connectivity index (χ0v) is 24.9. The Morgan fingerprint density at radius 1 is 0.952 bits per heavy atom. The lowest BCUT2D eigenvalue weighted by molar-refractivity contribution is -0.144. The van der Waals surface area contributed by atoms with Crippen molar-refractivity contribution in [2.75, 3.05) is 67.3 Å². The molecule has 10 heteroatoms. The van der Waals surface area contributed by atoms with Crippen LogP contribution in [0.5, 0.6) is 17.2 Å². The summed E-state index contributed by atoms with van der Waals surface area (Å²) in [7, 11) is 4.83. The molecular weight excluding hydrogens is 536 g/mol. The van der Waals surface area contributed by atoms with Crippen LogP contribution in [-0.2, 0) is 14.3 Å². The molecule has 2 heterocycles. The molecule has 2 aromatic rings. The Morgan fingerprint density at radius 2 is 1.67 bits per heavy atom. The number of morpholine rings is 1. The molecule has 0 bridgehead atoms. The second-order valence-corrected chi connectivity index (χ2v) is 11.0. The summed E-state index contributed by atoms with van der Waals surface area (Å²) < 4.78 is 21.8. The summed E-state index contributed by atoms with van der Waals surface area (Å²) in [5.74, 6) is 1.82. The van der Waals surface area contributed by atoms with Crippen molar-refractivity contribution in [3.8, 4) is 17.2 Å². The molecule has 3 aliphatic rings. The molecule has 0 radical (unpaired) electrons. The van der Waals surface area contributed by atoms with Gasteiger partial charge < -0.3 is 23.8 Å². The van der Waals surface area contributed by atoms with E-state index >= 15 is 0 Å². The van der Waals surface area contributed by atoms with E-state index in [1.54, 1.807) is 31.2 Å². The van der Waals surface area contributed by atoms with Gasteiger partial charge in [0.25, 0.3) is 5.91 Å². The number of rotatable bonds is 11. The minimum atomic E-state index is -0.350. The number of nitrogens with zero attached hydrogens (tertiary/aromatic N) is 4. The minimum Gasteiger partial charge on any atom is -0.497 e. The van der Waals surface area contributed by atoms with Crippen molar-refractivity contribution in [1.82, 2.24) is 14.8 Å². The normalized spacial score (nSPS) is 19.5. The first-order valence-electron chi connectivity index (χ1n) is 14.9. The van der Waals surface area contributed by atoms with E-state index < -0.39 is 0 Å². The topological polar surface area (TPSA) is 93.1 Å². The summed E-state index contributed by atoms with van der Waals surface area (Å²) in [6.07, 6.45) is 4.42. The first-order valence-corrected chi connectivity index (χ1v) is 14.9. The van der Waals surface area contributed by atoms with Gasteiger partial charge >= 0.3 is 0 Å². The number of methoxy groups -OCH3 is 3. The van der Waals surface area contributed by atoms with Crippen LogP contribution in [0.1, 0.15) is 49.3 Å². The summed E-state index contributed by atoms with van der Waals surface area (Å²) in [5.41, 5.74) is 2.60. The predicted octanol–water partition coefficient (Wildman–Crippen LogP) is 3.74. The fourth-order valence-electron chi connectivity index (χ4n) is 6.04. The van der Waals surface area contributed by atoms with E-state index in [-0.39, 0.29) is 30.3 Å². The average Bonchev–Trinajstić information content (AvgIpc) is 3.74. The molecule has 2 aromatic carbocycles. The van der Waals surface area contributed by atoms with Crippen LogP contribution >= 0.6 is 0 Å². The minimum absolute atomic E-state index is 0.0111. The molecule has 1 saturated heterocycles. The van der Waals surface area contributed by atoms with Crippen LogP contribution in [0.3, 0.4) is 0 Å². The van der Waals surface area contributed by atoms with Gasteiger partial charge in [-0.25, -0.2) is 5.01 Å². The van der Waals surface area contributed by atoms with Crippen molar-refractivity contribution in [2.24, 2.45) is 11.0 Å². The SMILES string of the molecule is COc1ccc(C2=NN(C(=O)CN(CCN3CCOCC3)C(=O)C3CCCC3)C(c3ccc(OC)c(OC)c3)C2)cc1. The lowest BCUT2D eigenvalue weighted by Gasteiger charge is -2.32. The van der Waals surface area contributed by atoms with E-state index in [0.717, 1.165) is 61.4 Å². The Hall–Kier alpha value is -3.63. The molecule has 0 aromatic heterocycles. The zero-order valence-electron chi connectivity index (χ0n) is 24.9. The molecule has 2 aliphatic heterocycles. The number of carbonyl (C=O) groups is 2. The molecule has 1 aliphatic carbocycles. The summed E-state index contributed by atoms with van der Waals surface area (Å²) >= 11 is 0. The number of hydrogen-bond donors (Lipinski definition) is 0. The number of benzene rings is 2. The average molecular weight is 579 g/mol. The molecule has 5 rings (SSSR count). The van der Waals surface area contributed by atoms with Gasteiger partial charge in [0.1, 0.15) is 12.3 Å². The van der Waals surface area contributed by atoms with Crippen LogP contribution in [0.25, 0.3) is 0 Å². The highest BCUT2D eigenvalue weighted by Crippen LogP contribution is 2.38. The van der Waals surface area contributed by atoms with Crippen molar-refractivity contribution in [3.05, 3.63) is 53.6 Å². The smallest absolute Gasteiger partial charge is 0.262 e. The molecule has 1 saturated carbocycles. The van der Waals surface area contributed by atoms with E-state index in [2.05, 4.69) is 4.90 Å². The summed E-state index contributed by atoms with van der Waals surface area (Å²) in [6.45, 7) is 4.27. The second kappa shape index (κ2) is 14.0. The van der Waals surface area contributed by atoms with Gasteiger partial charge in [0, 0.05) is 38.5 Å². The van der Waals surface area contributed by atoms with Gasteiger partial charge in [-0.1, -0.05) is 18.9 Å². The third-order valence-electron chi connectivity index (χ3n) is 8.51. The molecular formula is C32H42N4O6. The van der Waals surface area contributed by atoms with Gasteiger partial charge in [-0.05, 0) is 60.4 Å². The van der Waals surface area contributed by atoms with Crippen LogP contribution in [0, 0.1) is 5.92 Å². The van der Waals surface area contributed by atoms with Crippen LogP contribution < -0.4 is 14.2 Å². The van der Waals surface area contributed by atoms with Gasteiger partial charge in [0.05, 0.1) is 46.3 Å². The van der Waals surface area contributed by atoms with Crippen molar-refractivity contribution in [1.29, 1.82) is 0 Å². The molecule has 2 amide bonds. The second-order valence-electron chi connectivity index (χ2n) is 11.0. The van der Waals surface area contributed by atoms with E-state index in [9.17, 15) is 9.59 Å². The number of amides is 2. The highest BCUT2D eigenvalue weighted by atomic mass is 16.5. The molecule has 2 fully saturated rings. The van der Waals surface area contributed by atoms with Gasteiger partial charge in [-0.3, -0.25) is 14.5 Å². The van der Waals surface area contributed by atoms with Gasteiger partial charge in [-0.15, -0.1) is 0 Å². The standard InChI is InChI=1S/C32H42N4O6/c1-39-26-11-8-23(9-12-26)27-21-28(25-10-13-29(40-2)30(20-25)41-3)36(33-27)31(37)22-35(32(38)24-6-4-5-7-24)15-14-34-16-18-42-19-17-34/h8-13,20,24,28H,4-7,14-19,21-22H2,1-3H3. The third-order valence-corrected chi connectivity index (χ3v) is 8.51. The lowest BCUT2D eigenvalue weighted by atomic mass is 9.98. The Bertz CT molecular complexity index is 1250. The van der Waals surface area contributed by atoms with Gasteiger partial charge in [-0.2, -0.15) is 5.10 Å². The Balaban J connectivity index is 1.41. The Kier molecular flexibility index (Phi) is 9.97. The summed E-state index contributed by atoms with van der Waals surface area (Å²) in [6, 6.07) is 13.0. The fourth-order valence-corrected chi connectivity index (χ4v) is 6.04. The Labute approximate surface area is 248 Å². The Morgan fingerprint density at radius 3 is 2.33 bits per heavy atom. The van der Waals surface area contributed by atoms with Crippen LogP contribution in [0.4, 0.5) is 0 Å². The van der Waals surface area contributed by atoms with Gasteiger partial charge in [0.15, 0.2) is 11.5 Å². The number of hydrogen-bond acceptors (Lipinski definition) is 8. The highest BCUT2D eigenvalue weighted by molar-refractivity contribution is 6.03.